The van der Waals surface area contributed by atoms with Crippen molar-refractivity contribution >= 4 is 32.4 Å². The predicted octanol–water partition coefficient (Wildman–Crippen LogP) is 2.64. The minimum Gasteiger partial charge on any atom is -0.497 e. The first-order valence-electron chi connectivity index (χ1n) is 8.91. The van der Waals surface area contributed by atoms with Crippen molar-refractivity contribution in [2.45, 2.75) is 37.1 Å². The third kappa shape index (κ3) is 3.59. The van der Waals surface area contributed by atoms with Gasteiger partial charge in [-0.2, -0.15) is 4.31 Å². The largest absolute Gasteiger partial charge is 0.497 e. The van der Waals surface area contributed by atoms with Crippen LogP contribution in [0.1, 0.15) is 29.8 Å². The molecule has 2 heterocycles. The Kier molecular flexibility index (Phi) is 4.92. The predicted molar refractivity (Wildman–Crippen MR) is 102 cm³/mol. The summed E-state index contributed by atoms with van der Waals surface area (Å²) in [6.07, 6.45) is 3.50. The number of hydrogen-bond donors (Lipinski definition) is 1. The van der Waals surface area contributed by atoms with Crippen molar-refractivity contribution in [3.05, 3.63) is 34.8 Å². The van der Waals surface area contributed by atoms with Crippen LogP contribution in [0.3, 0.4) is 0 Å². The van der Waals surface area contributed by atoms with Crippen molar-refractivity contribution in [3.8, 4) is 5.75 Å². The first-order chi connectivity index (χ1) is 13.0. The van der Waals surface area contributed by atoms with Gasteiger partial charge < -0.3 is 10.1 Å². The monoisotopic (exact) mass is 407 g/mol. The molecule has 1 amide bonds. The second-order valence-corrected chi connectivity index (χ2v) is 9.80. The lowest BCUT2D eigenvalue weighted by molar-refractivity contribution is -0.122. The van der Waals surface area contributed by atoms with Crippen LogP contribution in [0.5, 0.6) is 5.75 Å². The number of nitrogens with zero attached hydrogens (tertiary/aromatic N) is 2. The van der Waals surface area contributed by atoms with E-state index in [9.17, 15) is 13.2 Å². The van der Waals surface area contributed by atoms with Gasteiger partial charge in [0, 0.05) is 29.8 Å². The van der Waals surface area contributed by atoms with Gasteiger partial charge in [0.05, 0.1) is 24.2 Å². The van der Waals surface area contributed by atoms with Gasteiger partial charge in [-0.15, -0.1) is 11.3 Å². The standard InChI is InChI=1S/C18H21N3O4S2/c1-25-13-6-3-7-14(10-13)27(23,24)21-9-8-15-16(11-21)26-18(19-15)20-17(22)12-4-2-5-12/h3,6-7,10,12H,2,4-5,8-9,11H2,1H3,(H,19,20,22). The van der Waals surface area contributed by atoms with Crippen LogP contribution >= 0.6 is 11.3 Å². The molecule has 9 heteroatoms. The highest BCUT2D eigenvalue weighted by molar-refractivity contribution is 7.89. The third-order valence-corrected chi connectivity index (χ3v) is 7.92. The Balaban J connectivity index is 1.51. The summed E-state index contributed by atoms with van der Waals surface area (Å²) in [5.41, 5.74) is 0.876. The molecule has 0 spiro atoms. The van der Waals surface area contributed by atoms with E-state index < -0.39 is 10.0 Å². The lowest BCUT2D eigenvalue weighted by Gasteiger charge is -2.25. The fraction of sp³-hybridized carbons (Fsp3) is 0.444. The van der Waals surface area contributed by atoms with E-state index in [2.05, 4.69) is 10.3 Å². The number of sulfonamides is 1. The number of amides is 1. The Bertz CT molecular complexity index is 967. The Morgan fingerprint density at radius 2 is 2.19 bits per heavy atom. The smallest absolute Gasteiger partial charge is 0.243 e. The van der Waals surface area contributed by atoms with Gasteiger partial charge in [0.15, 0.2) is 5.13 Å². The average molecular weight is 408 g/mol. The van der Waals surface area contributed by atoms with Gasteiger partial charge in [0.25, 0.3) is 0 Å². The fourth-order valence-corrected chi connectivity index (χ4v) is 5.77. The number of carbonyl (C=O) groups excluding carboxylic acids is 1. The van der Waals surface area contributed by atoms with E-state index in [1.807, 2.05) is 0 Å². The Hall–Kier alpha value is -1.97. The van der Waals surface area contributed by atoms with Gasteiger partial charge in [-0.05, 0) is 25.0 Å². The van der Waals surface area contributed by atoms with Crippen molar-refractivity contribution in [1.29, 1.82) is 0 Å². The van der Waals surface area contributed by atoms with Crippen LogP contribution < -0.4 is 10.1 Å². The number of methoxy groups -OCH3 is 1. The fourth-order valence-electron chi connectivity index (χ4n) is 3.22. The molecule has 0 atom stereocenters. The molecule has 27 heavy (non-hydrogen) atoms. The van der Waals surface area contributed by atoms with E-state index in [-0.39, 0.29) is 23.3 Å². The van der Waals surface area contributed by atoms with E-state index in [0.717, 1.165) is 29.8 Å². The first-order valence-corrected chi connectivity index (χ1v) is 11.2. The summed E-state index contributed by atoms with van der Waals surface area (Å²) < 4.78 is 32.5. The highest BCUT2D eigenvalue weighted by atomic mass is 32.2. The molecule has 7 nitrogen and oxygen atoms in total. The zero-order valence-corrected chi connectivity index (χ0v) is 16.6. The van der Waals surface area contributed by atoms with Crippen LogP contribution in [0.2, 0.25) is 0 Å². The van der Waals surface area contributed by atoms with E-state index >= 15 is 0 Å². The summed E-state index contributed by atoms with van der Waals surface area (Å²) in [4.78, 5) is 17.7. The molecule has 1 aromatic carbocycles. The summed E-state index contributed by atoms with van der Waals surface area (Å²) in [5.74, 6) is 0.622. The number of aromatic nitrogens is 1. The average Bonchev–Trinajstić information content (AvgIpc) is 3.01. The molecule has 1 aliphatic carbocycles. The number of ether oxygens (including phenoxy) is 1. The summed E-state index contributed by atoms with van der Waals surface area (Å²) >= 11 is 1.36. The molecular formula is C18H21N3O4S2. The number of carbonyl (C=O) groups is 1. The highest BCUT2D eigenvalue weighted by Crippen LogP contribution is 2.33. The van der Waals surface area contributed by atoms with Crippen LogP contribution in [0.15, 0.2) is 29.2 Å². The molecule has 0 unspecified atom stereocenters. The molecule has 2 aromatic rings. The number of fused-ring (bicyclic) bond motifs is 1. The van der Waals surface area contributed by atoms with Crippen molar-refractivity contribution in [1.82, 2.24) is 9.29 Å². The zero-order valence-electron chi connectivity index (χ0n) is 15.0. The summed E-state index contributed by atoms with van der Waals surface area (Å²) in [6.45, 7) is 0.637. The third-order valence-electron chi connectivity index (χ3n) is 5.08. The second kappa shape index (κ2) is 7.21. The number of thiazole rings is 1. The molecule has 1 fully saturated rings. The van der Waals surface area contributed by atoms with Gasteiger partial charge in [-0.25, -0.2) is 13.4 Å². The van der Waals surface area contributed by atoms with Crippen molar-refractivity contribution < 1.29 is 17.9 Å². The number of rotatable bonds is 5. The van der Waals surface area contributed by atoms with Crippen molar-refractivity contribution in [2.24, 2.45) is 5.92 Å². The Labute approximate surface area is 162 Å². The Morgan fingerprint density at radius 3 is 2.89 bits per heavy atom. The van der Waals surface area contributed by atoms with E-state index in [1.165, 1.54) is 28.8 Å². The summed E-state index contributed by atoms with van der Waals surface area (Å²) in [7, 11) is -2.10. The first kappa shape index (κ1) is 18.4. The van der Waals surface area contributed by atoms with Crippen LogP contribution in [0.4, 0.5) is 5.13 Å². The molecule has 144 valence electrons. The number of anilines is 1. The molecule has 2 aliphatic rings. The SMILES string of the molecule is COc1cccc(S(=O)(=O)N2CCc3nc(NC(=O)C4CCC4)sc3C2)c1. The van der Waals surface area contributed by atoms with Gasteiger partial charge in [0.1, 0.15) is 5.75 Å². The van der Waals surface area contributed by atoms with Crippen LogP contribution in [-0.2, 0) is 27.8 Å². The molecule has 4 rings (SSSR count). The lowest BCUT2D eigenvalue weighted by Crippen LogP contribution is -2.35. The van der Waals surface area contributed by atoms with Gasteiger partial charge >= 0.3 is 0 Å². The number of nitrogens with one attached hydrogen (secondary N) is 1. The molecule has 1 N–H and O–H groups in total. The van der Waals surface area contributed by atoms with Crippen LogP contribution in [0.25, 0.3) is 0 Å². The molecule has 1 aliphatic heterocycles. The lowest BCUT2D eigenvalue weighted by atomic mass is 9.85. The normalized spacial score (nSPS) is 17.8. The molecule has 1 aromatic heterocycles. The minimum absolute atomic E-state index is 0.0215. The maximum absolute atomic E-state index is 13.0. The number of hydrogen-bond acceptors (Lipinski definition) is 6. The Morgan fingerprint density at radius 1 is 1.37 bits per heavy atom. The molecule has 0 radical (unpaired) electrons. The second-order valence-electron chi connectivity index (χ2n) is 6.77. The molecule has 0 bridgehead atoms. The van der Waals surface area contributed by atoms with Gasteiger partial charge in [-0.3, -0.25) is 4.79 Å². The quantitative estimate of drug-likeness (QED) is 0.823. The van der Waals surface area contributed by atoms with Crippen LogP contribution in [0, 0.1) is 5.92 Å². The maximum atomic E-state index is 13.0. The summed E-state index contributed by atoms with van der Waals surface area (Å²) in [6, 6.07) is 6.49. The van der Waals surface area contributed by atoms with Gasteiger partial charge in [0.2, 0.25) is 15.9 Å². The van der Waals surface area contributed by atoms with E-state index in [4.69, 9.17) is 4.74 Å². The highest BCUT2D eigenvalue weighted by Gasteiger charge is 2.31. The van der Waals surface area contributed by atoms with Crippen LogP contribution in [-0.4, -0.2) is 37.3 Å². The van der Waals surface area contributed by atoms with Gasteiger partial charge in [-0.1, -0.05) is 12.5 Å². The molecular weight excluding hydrogens is 386 g/mol. The van der Waals surface area contributed by atoms with Crippen molar-refractivity contribution in [3.63, 3.8) is 0 Å². The topological polar surface area (TPSA) is 88.6 Å². The van der Waals surface area contributed by atoms with E-state index in [0.29, 0.717) is 23.8 Å². The summed E-state index contributed by atoms with van der Waals surface area (Å²) in [5, 5.41) is 3.45. The van der Waals surface area contributed by atoms with Crippen molar-refractivity contribution in [2.75, 3.05) is 19.0 Å². The van der Waals surface area contributed by atoms with E-state index in [1.54, 1.807) is 18.2 Å². The minimum atomic E-state index is -3.61. The molecule has 0 saturated heterocycles. The maximum Gasteiger partial charge on any atom is 0.243 e. The molecule has 1 saturated carbocycles. The zero-order chi connectivity index (χ0) is 19.0. The number of benzene rings is 1.